The van der Waals surface area contributed by atoms with E-state index < -0.39 is 18.8 Å². The lowest BCUT2D eigenvalue weighted by atomic mass is 9.62. The van der Waals surface area contributed by atoms with Gasteiger partial charge in [0.25, 0.3) is 0 Å². The van der Waals surface area contributed by atoms with Crippen LogP contribution in [-0.4, -0.2) is 46.5 Å². The molecule has 5 nitrogen and oxygen atoms in total. The summed E-state index contributed by atoms with van der Waals surface area (Å²) in [5, 5.41) is 9.59. The van der Waals surface area contributed by atoms with Gasteiger partial charge in [0.1, 0.15) is 0 Å². The third-order valence-electron chi connectivity index (χ3n) is 6.08. The van der Waals surface area contributed by atoms with Crippen LogP contribution in [0.4, 0.5) is 4.79 Å². The van der Waals surface area contributed by atoms with Crippen LogP contribution in [-0.2, 0) is 9.31 Å². The summed E-state index contributed by atoms with van der Waals surface area (Å²) in [4.78, 5) is 13.2. The summed E-state index contributed by atoms with van der Waals surface area (Å²) in [6.45, 7) is 16.7. The second-order valence-electron chi connectivity index (χ2n) is 8.96. The summed E-state index contributed by atoms with van der Waals surface area (Å²) >= 11 is 0. The Morgan fingerprint density at radius 2 is 1.65 bits per heavy atom. The normalized spacial score (nSPS) is 30.3. The van der Waals surface area contributed by atoms with Gasteiger partial charge in [-0.25, -0.2) is 4.79 Å². The summed E-state index contributed by atoms with van der Waals surface area (Å²) in [7, 11) is -0.405. The smallest absolute Gasteiger partial charge is 0.465 e. The average molecular weight is 323 g/mol. The molecule has 0 aromatic heterocycles. The molecule has 1 fully saturated rings. The van der Waals surface area contributed by atoms with E-state index in [0.717, 1.165) is 5.47 Å². The fraction of sp³-hybridized carbons (Fsp3) is 0.824. The zero-order valence-electron chi connectivity index (χ0n) is 15.7. The van der Waals surface area contributed by atoms with Crippen molar-refractivity contribution in [3.05, 3.63) is 11.5 Å². The molecule has 6 heteroatoms. The van der Waals surface area contributed by atoms with Gasteiger partial charge in [0.05, 0.1) is 16.7 Å². The molecule has 1 atom stereocenters. The molecule has 1 unspecified atom stereocenters. The van der Waals surface area contributed by atoms with E-state index in [4.69, 9.17) is 9.31 Å². The van der Waals surface area contributed by atoms with Gasteiger partial charge in [-0.15, -0.1) is 0 Å². The lowest BCUT2D eigenvalue weighted by Gasteiger charge is -2.51. The molecule has 1 saturated heterocycles. The van der Waals surface area contributed by atoms with E-state index in [1.165, 1.54) is 4.90 Å². The van der Waals surface area contributed by atoms with Gasteiger partial charge in [-0.1, -0.05) is 26.8 Å². The van der Waals surface area contributed by atoms with Gasteiger partial charge in [0, 0.05) is 6.54 Å². The first-order chi connectivity index (χ1) is 10.2. The van der Waals surface area contributed by atoms with Gasteiger partial charge >= 0.3 is 13.2 Å². The van der Waals surface area contributed by atoms with Crippen molar-refractivity contribution in [3.63, 3.8) is 0 Å². The maximum Gasteiger partial charge on any atom is 0.490 e. The number of carbonyl (C=O) groups is 1. The van der Waals surface area contributed by atoms with E-state index in [1.807, 2.05) is 40.7 Å². The van der Waals surface area contributed by atoms with Gasteiger partial charge in [-0.2, -0.15) is 0 Å². The van der Waals surface area contributed by atoms with Crippen molar-refractivity contribution in [3.8, 4) is 0 Å². The minimum Gasteiger partial charge on any atom is -0.465 e. The Balaban J connectivity index is 2.32. The molecule has 0 radical (unpaired) electrons. The van der Waals surface area contributed by atoms with Crippen molar-refractivity contribution in [2.24, 2.45) is 5.41 Å². The third kappa shape index (κ3) is 2.91. The van der Waals surface area contributed by atoms with Crippen molar-refractivity contribution in [1.29, 1.82) is 0 Å². The highest BCUT2D eigenvalue weighted by Crippen LogP contribution is 2.46. The molecule has 2 aliphatic heterocycles. The van der Waals surface area contributed by atoms with Crippen LogP contribution in [0.5, 0.6) is 0 Å². The van der Waals surface area contributed by atoms with E-state index in [9.17, 15) is 9.90 Å². The van der Waals surface area contributed by atoms with Crippen molar-refractivity contribution in [2.75, 3.05) is 6.54 Å². The number of amides is 1. The van der Waals surface area contributed by atoms with Crippen LogP contribution in [0.25, 0.3) is 0 Å². The molecule has 2 heterocycles. The van der Waals surface area contributed by atoms with Gasteiger partial charge < -0.3 is 14.4 Å². The summed E-state index contributed by atoms with van der Waals surface area (Å²) in [6, 6.07) is 0. The number of carboxylic acid groups (broad SMARTS) is 1. The second-order valence-corrected chi connectivity index (χ2v) is 8.96. The standard InChI is InChI=1S/C17H30BNO4/c1-14(2,3)17(8)11-12(9-10-19(17)13(20)21)18-22-15(4,5)16(6,7)23-18/h9H,10-11H2,1-8H3,(H,20,21). The minimum absolute atomic E-state index is 0.200. The first-order valence-corrected chi connectivity index (χ1v) is 8.26. The molecular formula is C17H30BNO4. The van der Waals surface area contributed by atoms with Crippen LogP contribution in [0.15, 0.2) is 11.5 Å². The van der Waals surface area contributed by atoms with Crippen molar-refractivity contribution >= 4 is 13.2 Å². The topological polar surface area (TPSA) is 59.0 Å². The highest BCUT2D eigenvalue weighted by Gasteiger charge is 2.55. The number of nitrogens with zero attached hydrogens (tertiary/aromatic N) is 1. The quantitative estimate of drug-likeness (QED) is 0.747. The lowest BCUT2D eigenvalue weighted by molar-refractivity contribution is 0.00578. The SMILES string of the molecule is CC(C)(C)C1(C)CC(B2OC(C)(C)C(C)(C)O2)=CCN1C(=O)O. The van der Waals surface area contributed by atoms with Crippen LogP contribution in [0, 0.1) is 5.41 Å². The summed E-state index contributed by atoms with van der Waals surface area (Å²) in [5.41, 5.74) is -0.444. The van der Waals surface area contributed by atoms with Crippen molar-refractivity contribution < 1.29 is 19.2 Å². The summed E-state index contributed by atoms with van der Waals surface area (Å²) in [6.07, 6.45) is 1.68. The molecule has 23 heavy (non-hydrogen) atoms. The largest absolute Gasteiger partial charge is 0.490 e. The highest BCUT2D eigenvalue weighted by molar-refractivity contribution is 6.54. The zero-order valence-corrected chi connectivity index (χ0v) is 15.7. The molecule has 2 aliphatic rings. The molecule has 1 N–H and O–H groups in total. The van der Waals surface area contributed by atoms with Crippen LogP contribution in [0.3, 0.4) is 0 Å². The molecule has 0 bridgehead atoms. The van der Waals surface area contributed by atoms with Crippen molar-refractivity contribution in [1.82, 2.24) is 4.90 Å². The first kappa shape index (κ1) is 18.3. The van der Waals surface area contributed by atoms with Crippen LogP contribution >= 0.6 is 0 Å². The average Bonchev–Trinajstić information content (AvgIpc) is 2.56. The maximum absolute atomic E-state index is 11.7. The Morgan fingerprint density at radius 1 is 1.17 bits per heavy atom. The highest BCUT2D eigenvalue weighted by atomic mass is 16.7. The Morgan fingerprint density at radius 3 is 2.04 bits per heavy atom. The molecule has 2 rings (SSSR count). The minimum atomic E-state index is -0.883. The van der Waals surface area contributed by atoms with Gasteiger partial charge in [0.2, 0.25) is 0 Å². The number of rotatable bonds is 1. The lowest BCUT2D eigenvalue weighted by Crippen LogP contribution is -2.59. The fourth-order valence-electron chi connectivity index (χ4n) is 3.11. The van der Waals surface area contributed by atoms with E-state index in [0.29, 0.717) is 13.0 Å². The molecule has 0 aromatic carbocycles. The fourth-order valence-corrected chi connectivity index (χ4v) is 3.11. The maximum atomic E-state index is 11.7. The Bertz CT molecular complexity index is 519. The van der Waals surface area contributed by atoms with Gasteiger partial charge in [0.15, 0.2) is 0 Å². The van der Waals surface area contributed by atoms with Crippen LogP contribution < -0.4 is 0 Å². The molecule has 0 saturated carbocycles. The summed E-state index contributed by atoms with van der Waals surface area (Å²) < 4.78 is 12.3. The van der Waals surface area contributed by atoms with E-state index in [1.54, 1.807) is 0 Å². The Hall–Kier alpha value is -1.01. The number of hydrogen-bond donors (Lipinski definition) is 1. The molecule has 0 spiro atoms. The Labute approximate surface area is 140 Å². The van der Waals surface area contributed by atoms with Crippen LogP contribution in [0.2, 0.25) is 0 Å². The Kier molecular flexibility index (Phi) is 4.18. The van der Waals surface area contributed by atoms with E-state index >= 15 is 0 Å². The van der Waals surface area contributed by atoms with Crippen molar-refractivity contribution in [2.45, 2.75) is 78.6 Å². The van der Waals surface area contributed by atoms with Crippen LogP contribution in [0.1, 0.15) is 61.8 Å². The predicted molar refractivity (Wildman–Crippen MR) is 91.4 cm³/mol. The zero-order chi connectivity index (χ0) is 17.8. The van der Waals surface area contributed by atoms with E-state index in [2.05, 4.69) is 20.8 Å². The monoisotopic (exact) mass is 323 g/mol. The summed E-state index contributed by atoms with van der Waals surface area (Å²) in [5.74, 6) is 0. The molecule has 1 amide bonds. The number of hydrogen-bond acceptors (Lipinski definition) is 3. The molecule has 0 aromatic rings. The molecular weight excluding hydrogens is 293 g/mol. The molecule has 0 aliphatic carbocycles. The van der Waals surface area contributed by atoms with Gasteiger partial charge in [-0.05, 0) is 51.9 Å². The second kappa shape index (κ2) is 5.25. The third-order valence-corrected chi connectivity index (χ3v) is 6.08. The van der Waals surface area contributed by atoms with E-state index in [-0.39, 0.29) is 16.6 Å². The first-order valence-electron chi connectivity index (χ1n) is 8.26. The predicted octanol–water partition coefficient (Wildman–Crippen LogP) is 3.73. The van der Waals surface area contributed by atoms with Gasteiger partial charge in [-0.3, -0.25) is 4.90 Å². The molecule has 130 valence electrons.